The van der Waals surface area contributed by atoms with Crippen LogP contribution in [0, 0.1) is 5.92 Å². The fraction of sp³-hybridized carbons (Fsp3) is 0.200. The smallest absolute Gasteiger partial charge is 0.276 e. The Kier molecular flexibility index (Phi) is 6.44. The van der Waals surface area contributed by atoms with Gasteiger partial charge >= 0.3 is 0 Å². The molecule has 1 aliphatic heterocycles. The van der Waals surface area contributed by atoms with Gasteiger partial charge in [0.2, 0.25) is 0 Å². The molecule has 38 heavy (non-hydrogen) atoms. The van der Waals surface area contributed by atoms with Gasteiger partial charge in [-0.1, -0.05) is 31.2 Å². The highest BCUT2D eigenvalue weighted by atomic mass is 16.5. The quantitative estimate of drug-likeness (QED) is 0.282. The van der Waals surface area contributed by atoms with Gasteiger partial charge in [0.1, 0.15) is 17.3 Å². The van der Waals surface area contributed by atoms with Crippen molar-refractivity contribution in [2.24, 2.45) is 5.92 Å². The summed E-state index contributed by atoms with van der Waals surface area (Å²) in [4.78, 5) is 24.4. The minimum absolute atomic E-state index is 0.297. The van der Waals surface area contributed by atoms with Gasteiger partial charge in [0, 0.05) is 30.2 Å². The lowest BCUT2D eigenvalue weighted by Gasteiger charge is -2.31. The molecule has 5 aromatic rings. The number of ether oxygens (including phenoxy) is 1. The van der Waals surface area contributed by atoms with E-state index < -0.39 is 0 Å². The number of benzene rings is 2. The zero-order valence-corrected chi connectivity index (χ0v) is 21.1. The van der Waals surface area contributed by atoms with Crippen molar-refractivity contribution in [3.05, 3.63) is 91.0 Å². The van der Waals surface area contributed by atoms with Gasteiger partial charge in [0.05, 0.1) is 23.6 Å². The molecule has 1 saturated heterocycles. The number of nitrogens with zero attached hydrogens (tertiary/aromatic N) is 4. The van der Waals surface area contributed by atoms with Crippen molar-refractivity contribution in [2.45, 2.75) is 19.8 Å². The van der Waals surface area contributed by atoms with Gasteiger partial charge in [-0.15, -0.1) is 0 Å². The van der Waals surface area contributed by atoms with Crippen LogP contribution in [0.1, 0.15) is 30.3 Å². The molecule has 0 spiro atoms. The second kappa shape index (κ2) is 10.3. The maximum Gasteiger partial charge on any atom is 0.276 e. The maximum absolute atomic E-state index is 13.2. The van der Waals surface area contributed by atoms with Gasteiger partial charge in [-0.25, -0.2) is 4.98 Å². The Bertz CT molecular complexity index is 1560. The molecule has 4 heterocycles. The topological polar surface area (TPSA) is 96.0 Å². The predicted octanol–water partition coefficient (Wildman–Crippen LogP) is 6.30. The van der Waals surface area contributed by atoms with E-state index in [0.29, 0.717) is 17.1 Å². The van der Waals surface area contributed by atoms with E-state index in [4.69, 9.17) is 4.74 Å². The molecule has 0 saturated carbocycles. The summed E-state index contributed by atoms with van der Waals surface area (Å²) in [6.45, 7) is 4.32. The molecular weight excluding hydrogens is 476 g/mol. The normalized spacial score (nSPS) is 14.0. The van der Waals surface area contributed by atoms with Crippen molar-refractivity contribution in [2.75, 3.05) is 23.3 Å². The molecule has 8 heteroatoms. The molecule has 2 N–H and O–H groups in total. The van der Waals surface area contributed by atoms with Crippen LogP contribution in [0.15, 0.2) is 85.3 Å². The van der Waals surface area contributed by atoms with Crippen LogP contribution in [0.3, 0.4) is 0 Å². The molecule has 0 unspecified atom stereocenters. The first-order valence-electron chi connectivity index (χ1n) is 12.8. The third-order valence-corrected chi connectivity index (χ3v) is 6.92. The summed E-state index contributed by atoms with van der Waals surface area (Å²) >= 11 is 0. The summed E-state index contributed by atoms with van der Waals surface area (Å²) in [6.07, 6.45) is 7.50. The molecular formula is C30H28N6O2. The monoisotopic (exact) mass is 504 g/mol. The van der Waals surface area contributed by atoms with E-state index >= 15 is 0 Å². The molecule has 8 nitrogen and oxygen atoms in total. The number of piperidine rings is 1. The highest BCUT2D eigenvalue weighted by Gasteiger charge is 2.18. The lowest BCUT2D eigenvalue weighted by molar-refractivity contribution is 0.102. The average molecular weight is 505 g/mol. The number of rotatable bonds is 6. The lowest BCUT2D eigenvalue weighted by atomic mass is 9.99. The summed E-state index contributed by atoms with van der Waals surface area (Å²) in [6, 6.07) is 21.2. The van der Waals surface area contributed by atoms with Gasteiger partial charge in [-0.2, -0.15) is 5.10 Å². The Morgan fingerprint density at radius 1 is 0.947 bits per heavy atom. The van der Waals surface area contributed by atoms with Crippen LogP contribution in [-0.4, -0.2) is 39.2 Å². The largest absolute Gasteiger partial charge is 0.456 e. The Hall–Kier alpha value is -4.72. The summed E-state index contributed by atoms with van der Waals surface area (Å²) in [7, 11) is 0. The molecule has 0 bridgehead atoms. The number of carbonyl (C=O) groups excluding carboxylic acids is 1. The lowest BCUT2D eigenvalue weighted by Crippen LogP contribution is -2.33. The van der Waals surface area contributed by atoms with Crippen LogP contribution in [0.25, 0.3) is 22.0 Å². The Labute approximate surface area is 220 Å². The molecule has 0 atom stereocenters. The van der Waals surface area contributed by atoms with Gasteiger partial charge < -0.3 is 15.0 Å². The predicted molar refractivity (Wildman–Crippen MR) is 149 cm³/mol. The maximum atomic E-state index is 13.2. The number of fused-ring (bicyclic) bond motifs is 1. The molecule has 1 amide bonds. The molecule has 190 valence electrons. The molecule has 6 rings (SSSR count). The highest BCUT2D eigenvalue weighted by Crippen LogP contribution is 2.29. The van der Waals surface area contributed by atoms with E-state index in [9.17, 15) is 4.79 Å². The van der Waals surface area contributed by atoms with Crippen LogP contribution in [0.4, 0.5) is 11.5 Å². The minimum Gasteiger partial charge on any atom is -0.456 e. The average Bonchev–Trinajstić information content (AvgIpc) is 3.38. The number of para-hydroxylation sites is 1. The number of nitrogens with one attached hydrogen (secondary N) is 2. The van der Waals surface area contributed by atoms with Crippen LogP contribution in [0.2, 0.25) is 0 Å². The fourth-order valence-electron chi connectivity index (χ4n) is 4.70. The Morgan fingerprint density at radius 2 is 1.79 bits per heavy atom. The summed E-state index contributed by atoms with van der Waals surface area (Å²) < 4.78 is 5.94. The van der Waals surface area contributed by atoms with Crippen LogP contribution >= 0.6 is 0 Å². The Balaban J connectivity index is 1.20. The zero-order valence-electron chi connectivity index (χ0n) is 21.1. The summed E-state index contributed by atoms with van der Waals surface area (Å²) in [5.74, 6) is 2.78. The number of H-pyrrole nitrogens is 1. The number of aromatic amines is 1. The first-order valence-corrected chi connectivity index (χ1v) is 12.8. The van der Waals surface area contributed by atoms with Crippen molar-refractivity contribution in [1.29, 1.82) is 0 Å². The second-order valence-corrected chi connectivity index (χ2v) is 9.69. The minimum atomic E-state index is -0.297. The van der Waals surface area contributed by atoms with Gasteiger partial charge in [-0.3, -0.25) is 14.9 Å². The van der Waals surface area contributed by atoms with Crippen molar-refractivity contribution in [3.63, 3.8) is 0 Å². The highest BCUT2D eigenvalue weighted by molar-refractivity contribution is 6.11. The first kappa shape index (κ1) is 23.7. The van der Waals surface area contributed by atoms with Crippen molar-refractivity contribution >= 4 is 28.3 Å². The van der Waals surface area contributed by atoms with E-state index in [1.165, 1.54) is 12.8 Å². The van der Waals surface area contributed by atoms with Crippen molar-refractivity contribution in [1.82, 2.24) is 20.2 Å². The van der Waals surface area contributed by atoms with Crippen molar-refractivity contribution < 1.29 is 9.53 Å². The number of carbonyl (C=O) groups is 1. The molecule has 1 aliphatic rings. The summed E-state index contributed by atoms with van der Waals surface area (Å²) in [5, 5.41) is 10.9. The first-order chi connectivity index (χ1) is 18.6. The number of hydrogen-bond donors (Lipinski definition) is 2. The molecule has 1 fully saturated rings. The number of pyridine rings is 2. The number of aromatic nitrogens is 4. The number of amides is 1. The number of anilines is 2. The van der Waals surface area contributed by atoms with E-state index in [1.54, 1.807) is 18.6 Å². The van der Waals surface area contributed by atoms with Crippen LogP contribution < -0.4 is 15.0 Å². The molecule has 2 aromatic carbocycles. The van der Waals surface area contributed by atoms with Crippen molar-refractivity contribution in [3.8, 4) is 22.6 Å². The molecule has 0 aliphatic carbocycles. The van der Waals surface area contributed by atoms with Gasteiger partial charge in [-0.05, 0) is 66.8 Å². The molecule has 3 aromatic heterocycles. The zero-order chi connectivity index (χ0) is 25.9. The SMILES string of the molecule is CC1CCN(c2ccc(NC(=O)c3n[nH]c4ccc(-c5cncc(Oc6ccccc6)c5)cc34)cn2)CC1. The summed E-state index contributed by atoms with van der Waals surface area (Å²) in [5.41, 5.74) is 3.50. The van der Waals surface area contributed by atoms with E-state index in [2.05, 4.69) is 37.3 Å². The fourth-order valence-corrected chi connectivity index (χ4v) is 4.70. The van der Waals surface area contributed by atoms with E-state index in [0.717, 1.165) is 52.6 Å². The Morgan fingerprint density at radius 3 is 2.58 bits per heavy atom. The van der Waals surface area contributed by atoms with E-state index in [-0.39, 0.29) is 5.91 Å². The third kappa shape index (κ3) is 5.06. The third-order valence-electron chi connectivity index (χ3n) is 6.92. The van der Waals surface area contributed by atoms with Gasteiger partial charge in [0.25, 0.3) is 5.91 Å². The second-order valence-electron chi connectivity index (χ2n) is 9.69. The van der Waals surface area contributed by atoms with Crippen LogP contribution in [-0.2, 0) is 0 Å². The standard InChI is InChI=1S/C30H28N6O2/c1-20-11-13-36(14-12-20)28-10-8-23(18-32-28)33-30(37)29-26-16-21(7-9-27(26)34-35-29)22-15-25(19-31-17-22)38-24-5-3-2-4-6-24/h2-10,15-20H,11-14H2,1H3,(H,33,37)(H,34,35). The van der Waals surface area contributed by atoms with Gasteiger partial charge in [0.15, 0.2) is 5.69 Å². The van der Waals surface area contributed by atoms with Crippen LogP contribution in [0.5, 0.6) is 11.5 Å². The van der Waals surface area contributed by atoms with E-state index in [1.807, 2.05) is 66.7 Å². The molecule has 0 radical (unpaired) electrons. The number of hydrogen-bond acceptors (Lipinski definition) is 6.